The van der Waals surface area contributed by atoms with Crippen LogP contribution in [-0.2, 0) is 6.54 Å². The zero-order chi connectivity index (χ0) is 26.2. The smallest absolute Gasteiger partial charge is 0.258 e. The van der Waals surface area contributed by atoms with Crippen molar-refractivity contribution in [2.24, 2.45) is 17.0 Å². The molecule has 0 unspecified atom stereocenters. The van der Waals surface area contributed by atoms with Gasteiger partial charge in [-0.2, -0.15) is 0 Å². The maximum Gasteiger partial charge on any atom is 0.258 e. The lowest BCUT2D eigenvalue weighted by molar-refractivity contribution is 0.0694. The van der Waals surface area contributed by atoms with Crippen LogP contribution in [0.3, 0.4) is 0 Å². The van der Waals surface area contributed by atoms with Crippen molar-refractivity contribution in [3.05, 3.63) is 75.7 Å². The molecule has 2 aromatic carbocycles. The third-order valence-electron chi connectivity index (χ3n) is 7.95. The second kappa shape index (κ2) is 12.9. The minimum Gasteiger partial charge on any atom is -0.314 e. The fraction of sp³-hybridized carbons (Fsp3) is 0.533. The number of rotatable bonds is 11. The van der Waals surface area contributed by atoms with Gasteiger partial charge in [0, 0.05) is 34.0 Å². The first-order chi connectivity index (χ1) is 18.1. The first-order valence-electron chi connectivity index (χ1n) is 13.9. The summed E-state index contributed by atoms with van der Waals surface area (Å²) in [5, 5.41) is 7.44. The van der Waals surface area contributed by atoms with Crippen molar-refractivity contribution in [2.45, 2.75) is 83.8 Å². The van der Waals surface area contributed by atoms with E-state index in [1.165, 1.54) is 0 Å². The molecule has 1 N–H and O–H groups in total. The molecule has 196 valence electrons. The predicted octanol–water partition coefficient (Wildman–Crippen LogP) is 7.07. The summed E-state index contributed by atoms with van der Waals surface area (Å²) in [5.41, 5.74) is 11.4. The number of nitrogens with zero attached hydrogens (tertiary/aromatic N) is 4. The molecule has 1 amide bonds. The number of carbonyl (C=O) groups excluding carboxylic acids is 2. The van der Waals surface area contributed by atoms with E-state index in [-0.39, 0.29) is 42.2 Å². The molecular weight excluding hydrogens is 462 g/mol. The Labute approximate surface area is 220 Å². The standard InChI is InChI=1S/C30H39N5O2/c1-3-5-8-13-23-18-24(32-16-6-4-2)19-27-28(23)29(36)25-17-21(20-33-34-31)14-15-26(25)35(27)30(37)22-11-9-7-10-12-22/h7,9-12,14-15,17,23-24,27-28,32H,3-6,8,13,16,18-20H2,1-2H3/t23-,24-,27+,28-/m0/s1. The van der Waals surface area contributed by atoms with Crippen LogP contribution in [0.1, 0.15) is 91.5 Å². The Morgan fingerprint density at radius 3 is 2.59 bits per heavy atom. The summed E-state index contributed by atoms with van der Waals surface area (Å²) in [6.45, 7) is 5.53. The summed E-state index contributed by atoms with van der Waals surface area (Å²) in [4.78, 5) is 33.0. The number of nitrogens with one attached hydrogen (secondary N) is 1. The summed E-state index contributed by atoms with van der Waals surface area (Å²) in [7, 11) is 0. The lowest BCUT2D eigenvalue weighted by Gasteiger charge is -2.49. The van der Waals surface area contributed by atoms with Crippen LogP contribution in [0.2, 0.25) is 0 Å². The molecule has 1 heterocycles. The van der Waals surface area contributed by atoms with Crippen molar-refractivity contribution in [1.82, 2.24) is 5.32 Å². The Balaban J connectivity index is 1.77. The van der Waals surface area contributed by atoms with E-state index in [9.17, 15) is 9.59 Å². The van der Waals surface area contributed by atoms with Gasteiger partial charge in [-0.3, -0.25) is 9.59 Å². The molecule has 4 atom stereocenters. The summed E-state index contributed by atoms with van der Waals surface area (Å²) in [6.07, 6.45) is 8.35. The van der Waals surface area contributed by atoms with Gasteiger partial charge in [-0.25, -0.2) is 0 Å². The van der Waals surface area contributed by atoms with Crippen LogP contribution in [0, 0.1) is 11.8 Å². The molecule has 1 saturated carbocycles. The average molecular weight is 502 g/mol. The van der Waals surface area contributed by atoms with E-state index in [1.807, 2.05) is 53.4 Å². The number of fused-ring (bicyclic) bond motifs is 2. The van der Waals surface area contributed by atoms with Crippen molar-refractivity contribution in [3.63, 3.8) is 0 Å². The minimum absolute atomic E-state index is 0.0614. The second-order valence-electron chi connectivity index (χ2n) is 10.5. The highest BCUT2D eigenvalue weighted by atomic mass is 16.2. The van der Waals surface area contributed by atoms with Crippen molar-refractivity contribution >= 4 is 17.4 Å². The minimum atomic E-state index is -0.226. The Morgan fingerprint density at radius 1 is 1.08 bits per heavy atom. The molecule has 2 aromatic rings. The van der Waals surface area contributed by atoms with Gasteiger partial charge in [-0.05, 0) is 73.5 Å². The van der Waals surface area contributed by atoms with Gasteiger partial charge >= 0.3 is 0 Å². The third-order valence-corrected chi connectivity index (χ3v) is 7.95. The zero-order valence-corrected chi connectivity index (χ0v) is 22.1. The molecule has 1 aliphatic carbocycles. The molecule has 7 heteroatoms. The van der Waals surface area contributed by atoms with E-state index < -0.39 is 0 Å². The summed E-state index contributed by atoms with van der Waals surface area (Å²) < 4.78 is 0. The number of hydrogen-bond acceptors (Lipinski definition) is 4. The van der Waals surface area contributed by atoms with E-state index in [2.05, 4.69) is 29.2 Å². The number of hydrogen-bond donors (Lipinski definition) is 1. The lowest BCUT2D eigenvalue weighted by Crippen LogP contribution is -2.59. The highest BCUT2D eigenvalue weighted by Crippen LogP contribution is 2.46. The number of benzene rings is 2. The van der Waals surface area contributed by atoms with Crippen LogP contribution >= 0.6 is 0 Å². The van der Waals surface area contributed by atoms with Crippen LogP contribution in [0.4, 0.5) is 5.69 Å². The van der Waals surface area contributed by atoms with Crippen molar-refractivity contribution in [2.75, 3.05) is 11.4 Å². The second-order valence-corrected chi connectivity index (χ2v) is 10.5. The average Bonchev–Trinajstić information content (AvgIpc) is 2.92. The first kappa shape index (κ1) is 26.9. The fourth-order valence-corrected chi connectivity index (χ4v) is 6.16. The number of ketones is 1. The van der Waals surface area contributed by atoms with E-state index in [0.717, 1.165) is 63.5 Å². The molecule has 0 bridgehead atoms. The Morgan fingerprint density at radius 2 is 1.86 bits per heavy atom. The number of amides is 1. The maximum atomic E-state index is 14.1. The Kier molecular flexibility index (Phi) is 9.37. The molecule has 0 spiro atoms. The van der Waals surface area contributed by atoms with E-state index in [0.29, 0.717) is 16.8 Å². The molecule has 0 saturated heterocycles. The van der Waals surface area contributed by atoms with Crippen molar-refractivity contribution in [1.29, 1.82) is 0 Å². The monoisotopic (exact) mass is 501 g/mol. The fourth-order valence-electron chi connectivity index (χ4n) is 6.16. The number of Topliss-reactive ketones (excluding diaryl/α,β-unsaturated/α-hetero) is 1. The molecule has 0 aromatic heterocycles. The Hall–Kier alpha value is -3.15. The topological polar surface area (TPSA) is 98.2 Å². The quantitative estimate of drug-likeness (QED) is 0.154. The lowest BCUT2D eigenvalue weighted by atomic mass is 9.66. The van der Waals surface area contributed by atoms with E-state index in [4.69, 9.17) is 5.53 Å². The molecule has 0 radical (unpaired) electrons. The van der Waals surface area contributed by atoms with Gasteiger partial charge in [0.2, 0.25) is 0 Å². The largest absolute Gasteiger partial charge is 0.314 e. The number of azide groups is 1. The van der Waals surface area contributed by atoms with Gasteiger partial charge in [-0.1, -0.05) is 68.9 Å². The maximum absolute atomic E-state index is 14.1. The molecule has 1 aliphatic heterocycles. The SMILES string of the molecule is CCCCC[C@H]1C[C@H](NCCCC)C[C@@H]2[C@H]1C(=O)c1cc(CN=[N+]=[N-])ccc1N2C(=O)c1ccccc1. The van der Waals surface area contributed by atoms with Crippen LogP contribution in [0.15, 0.2) is 53.6 Å². The molecule has 4 rings (SSSR count). The van der Waals surface area contributed by atoms with Gasteiger partial charge in [0.1, 0.15) is 0 Å². The zero-order valence-electron chi connectivity index (χ0n) is 22.1. The van der Waals surface area contributed by atoms with Gasteiger partial charge in [0.25, 0.3) is 5.91 Å². The molecule has 37 heavy (non-hydrogen) atoms. The van der Waals surface area contributed by atoms with Crippen LogP contribution in [0.5, 0.6) is 0 Å². The molecule has 2 aliphatic rings. The number of carbonyl (C=O) groups is 2. The van der Waals surface area contributed by atoms with Gasteiger partial charge in [0.15, 0.2) is 5.78 Å². The molecule has 1 fully saturated rings. The van der Waals surface area contributed by atoms with E-state index >= 15 is 0 Å². The van der Waals surface area contributed by atoms with Crippen molar-refractivity contribution < 1.29 is 9.59 Å². The number of anilines is 1. The predicted molar refractivity (Wildman–Crippen MR) is 148 cm³/mol. The first-order valence-corrected chi connectivity index (χ1v) is 13.9. The van der Waals surface area contributed by atoms with Crippen LogP contribution in [0.25, 0.3) is 10.4 Å². The van der Waals surface area contributed by atoms with Gasteiger partial charge in [0.05, 0.1) is 12.2 Å². The summed E-state index contributed by atoms with van der Waals surface area (Å²) in [5.74, 6) is 0.0648. The number of unbranched alkanes of at least 4 members (excludes halogenated alkanes) is 3. The van der Waals surface area contributed by atoms with Gasteiger partial charge in [-0.15, -0.1) is 0 Å². The highest BCUT2D eigenvalue weighted by Gasteiger charge is 2.50. The normalized spacial score (nSPS) is 22.6. The van der Waals surface area contributed by atoms with Gasteiger partial charge < -0.3 is 10.2 Å². The summed E-state index contributed by atoms with van der Waals surface area (Å²) >= 11 is 0. The van der Waals surface area contributed by atoms with Crippen molar-refractivity contribution in [3.8, 4) is 0 Å². The van der Waals surface area contributed by atoms with Crippen LogP contribution < -0.4 is 10.2 Å². The Bertz CT molecular complexity index is 1130. The summed E-state index contributed by atoms with van der Waals surface area (Å²) in [6, 6.07) is 15.0. The highest BCUT2D eigenvalue weighted by molar-refractivity contribution is 6.15. The molecule has 7 nitrogen and oxygen atoms in total. The van der Waals surface area contributed by atoms with E-state index in [1.54, 1.807) is 0 Å². The molecular formula is C30H39N5O2. The third kappa shape index (κ3) is 6.06. The van der Waals surface area contributed by atoms with Crippen LogP contribution in [-0.4, -0.2) is 30.3 Å².